The molecule has 4 amide bonds. The molecule has 4 rings (SSSR count). The Morgan fingerprint density at radius 3 is 2.03 bits per heavy atom. The zero-order valence-electron chi connectivity index (χ0n) is 20.2. The average molecular weight is 490 g/mol. The molecule has 36 heavy (non-hydrogen) atoms. The first-order valence-corrected chi connectivity index (χ1v) is 11.4. The number of rotatable bonds is 9. The Labute approximate surface area is 209 Å². The van der Waals surface area contributed by atoms with Crippen molar-refractivity contribution in [1.29, 1.82) is 0 Å². The van der Waals surface area contributed by atoms with Crippen LogP contribution >= 0.6 is 0 Å². The summed E-state index contributed by atoms with van der Waals surface area (Å²) in [6.07, 6.45) is 0. The smallest absolute Gasteiger partial charge is 0.325 e. The molecule has 0 saturated carbocycles. The topological polar surface area (TPSA) is 106 Å². The van der Waals surface area contributed by atoms with Crippen LogP contribution in [-0.2, 0) is 15.1 Å². The molecule has 0 radical (unpaired) electrons. The number of carbonyl (C=O) groups excluding carboxylic acids is 3. The number of hydrogen-bond donors (Lipinski definition) is 2. The second-order valence-corrected chi connectivity index (χ2v) is 8.25. The minimum absolute atomic E-state index is 0.416. The van der Waals surface area contributed by atoms with Crippen molar-refractivity contribution in [3.8, 4) is 23.0 Å². The molecule has 1 heterocycles. The van der Waals surface area contributed by atoms with E-state index < -0.39 is 29.9 Å². The number of amides is 4. The van der Waals surface area contributed by atoms with E-state index in [9.17, 15) is 14.4 Å². The SMILES string of the molecule is CCOc1ccc(Oc2ccc(NC(=O)CN3C(=O)NC(C)(c4ccc(OC)cc4)C3=O)cc2)cc1. The predicted octanol–water partition coefficient (Wildman–Crippen LogP) is 4.29. The average Bonchev–Trinajstić information content (AvgIpc) is 3.10. The van der Waals surface area contributed by atoms with Crippen LogP contribution in [0.15, 0.2) is 72.8 Å². The number of urea groups is 1. The number of ether oxygens (including phenoxy) is 3. The number of imide groups is 1. The van der Waals surface area contributed by atoms with Crippen LogP contribution in [0.3, 0.4) is 0 Å². The van der Waals surface area contributed by atoms with Gasteiger partial charge in [0.15, 0.2) is 0 Å². The summed E-state index contributed by atoms with van der Waals surface area (Å²) in [4.78, 5) is 39.1. The third kappa shape index (κ3) is 5.25. The fourth-order valence-corrected chi connectivity index (χ4v) is 3.82. The van der Waals surface area contributed by atoms with Crippen LogP contribution in [0.1, 0.15) is 19.4 Å². The number of hydrogen-bond acceptors (Lipinski definition) is 6. The number of methoxy groups -OCH3 is 1. The van der Waals surface area contributed by atoms with Crippen LogP contribution in [0, 0.1) is 0 Å². The molecule has 0 bridgehead atoms. The second kappa shape index (κ2) is 10.4. The predicted molar refractivity (Wildman–Crippen MR) is 133 cm³/mol. The largest absolute Gasteiger partial charge is 0.497 e. The van der Waals surface area contributed by atoms with Gasteiger partial charge >= 0.3 is 6.03 Å². The van der Waals surface area contributed by atoms with Gasteiger partial charge in [-0.05, 0) is 80.1 Å². The number of anilines is 1. The van der Waals surface area contributed by atoms with Crippen molar-refractivity contribution < 1.29 is 28.6 Å². The molecule has 3 aromatic carbocycles. The molecule has 0 spiro atoms. The van der Waals surface area contributed by atoms with E-state index >= 15 is 0 Å². The van der Waals surface area contributed by atoms with Gasteiger partial charge in [0.25, 0.3) is 5.91 Å². The Morgan fingerprint density at radius 1 is 0.889 bits per heavy atom. The highest BCUT2D eigenvalue weighted by molar-refractivity contribution is 6.10. The maximum atomic E-state index is 13.1. The third-order valence-electron chi connectivity index (χ3n) is 5.75. The monoisotopic (exact) mass is 489 g/mol. The lowest BCUT2D eigenvalue weighted by Crippen LogP contribution is -2.42. The number of carbonyl (C=O) groups is 3. The summed E-state index contributed by atoms with van der Waals surface area (Å²) in [5, 5.41) is 5.39. The summed E-state index contributed by atoms with van der Waals surface area (Å²) in [6, 6.07) is 20.2. The van der Waals surface area contributed by atoms with E-state index in [0.717, 1.165) is 10.6 Å². The van der Waals surface area contributed by atoms with Gasteiger partial charge in [-0.2, -0.15) is 0 Å². The van der Waals surface area contributed by atoms with Gasteiger partial charge in [-0.15, -0.1) is 0 Å². The molecule has 1 fully saturated rings. The van der Waals surface area contributed by atoms with Crippen molar-refractivity contribution in [1.82, 2.24) is 10.2 Å². The molecule has 0 aromatic heterocycles. The van der Waals surface area contributed by atoms with Crippen molar-refractivity contribution in [3.63, 3.8) is 0 Å². The lowest BCUT2D eigenvalue weighted by atomic mass is 9.92. The van der Waals surface area contributed by atoms with Crippen LogP contribution in [-0.4, -0.2) is 43.0 Å². The quantitative estimate of drug-likeness (QED) is 0.435. The molecule has 1 aliphatic rings. The molecule has 0 aliphatic carbocycles. The zero-order valence-corrected chi connectivity index (χ0v) is 20.2. The first kappa shape index (κ1) is 24.6. The van der Waals surface area contributed by atoms with Gasteiger partial charge in [0.1, 0.15) is 35.1 Å². The first-order chi connectivity index (χ1) is 17.3. The molecule has 1 atom stereocenters. The van der Waals surface area contributed by atoms with Gasteiger partial charge in [0, 0.05) is 5.69 Å². The molecule has 2 N–H and O–H groups in total. The van der Waals surface area contributed by atoms with E-state index in [-0.39, 0.29) is 0 Å². The van der Waals surface area contributed by atoms with Crippen LogP contribution in [0.5, 0.6) is 23.0 Å². The van der Waals surface area contributed by atoms with E-state index in [1.165, 1.54) is 0 Å². The summed E-state index contributed by atoms with van der Waals surface area (Å²) in [5.41, 5.74) is -0.180. The maximum absolute atomic E-state index is 13.1. The van der Waals surface area contributed by atoms with E-state index in [1.54, 1.807) is 74.7 Å². The summed E-state index contributed by atoms with van der Waals surface area (Å²) < 4.78 is 16.4. The number of nitrogens with one attached hydrogen (secondary N) is 2. The molecular weight excluding hydrogens is 462 g/mol. The van der Waals surface area contributed by atoms with Crippen molar-refractivity contribution >= 4 is 23.5 Å². The lowest BCUT2D eigenvalue weighted by Gasteiger charge is -2.22. The normalized spacial score (nSPS) is 16.9. The van der Waals surface area contributed by atoms with Gasteiger partial charge in [0.05, 0.1) is 13.7 Å². The van der Waals surface area contributed by atoms with Crippen LogP contribution in [0.2, 0.25) is 0 Å². The highest BCUT2D eigenvalue weighted by Crippen LogP contribution is 2.30. The van der Waals surface area contributed by atoms with E-state index in [4.69, 9.17) is 14.2 Å². The van der Waals surface area contributed by atoms with Crippen LogP contribution in [0.4, 0.5) is 10.5 Å². The highest BCUT2D eigenvalue weighted by atomic mass is 16.5. The Morgan fingerprint density at radius 2 is 1.44 bits per heavy atom. The molecule has 1 unspecified atom stereocenters. The fraction of sp³-hybridized carbons (Fsp3) is 0.222. The van der Waals surface area contributed by atoms with Gasteiger partial charge < -0.3 is 24.8 Å². The molecule has 1 aliphatic heterocycles. The van der Waals surface area contributed by atoms with E-state index in [0.29, 0.717) is 35.1 Å². The number of nitrogens with zero attached hydrogens (tertiary/aromatic N) is 1. The molecule has 1 saturated heterocycles. The van der Waals surface area contributed by atoms with Gasteiger partial charge in [-0.25, -0.2) is 4.79 Å². The van der Waals surface area contributed by atoms with E-state index in [2.05, 4.69) is 10.6 Å². The van der Waals surface area contributed by atoms with Gasteiger partial charge in [-0.3, -0.25) is 14.5 Å². The molecule has 186 valence electrons. The first-order valence-electron chi connectivity index (χ1n) is 11.4. The number of benzene rings is 3. The van der Waals surface area contributed by atoms with Gasteiger partial charge in [0.2, 0.25) is 5.91 Å². The van der Waals surface area contributed by atoms with Crippen LogP contribution < -0.4 is 24.8 Å². The van der Waals surface area contributed by atoms with Gasteiger partial charge in [-0.1, -0.05) is 12.1 Å². The summed E-state index contributed by atoms with van der Waals surface area (Å²) in [5.74, 6) is 1.61. The van der Waals surface area contributed by atoms with Crippen molar-refractivity contribution in [2.45, 2.75) is 19.4 Å². The molecule has 9 heteroatoms. The van der Waals surface area contributed by atoms with Crippen molar-refractivity contribution in [3.05, 3.63) is 78.4 Å². The minimum atomic E-state index is -1.27. The Balaban J connectivity index is 1.35. The fourth-order valence-electron chi connectivity index (χ4n) is 3.82. The minimum Gasteiger partial charge on any atom is -0.497 e. The Hall–Kier alpha value is -4.53. The van der Waals surface area contributed by atoms with Crippen molar-refractivity contribution in [2.75, 3.05) is 25.6 Å². The Kier molecular flexibility index (Phi) is 7.10. The molecule has 3 aromatic rings. The third-order valence-corrected chi connectivity index (χ3v) is 5.75. The second-order valence-electron chi connectivity index (χ2n) is 8.25. The lowest BCUT2D eigenvalue weighted by molar-refractivity contribution is -0.133. The van der Waals surface area contributed by atoms with Crippen LogP contribution in [0.25, 0.3) is 0 Å². The highest BCUT2D eigenvalue weighted by Gasteiger charge is 2.49. The summed E-state index contributed by atoms with van der Waals surface area (Å²) >= 11 is 0. The molecular formula is C27H27N3O6. The standard InChI is InChI=1S/C27H27N3O6/c1-4-35-21-13-15-23(16-14-21)36-22-11-7-19(8-12-22)28-24(31)17-30-25(32)27(2,29-26(30)33)18-5-9-20(34-3)10-6-18/h5-16H,4,17H2,1-3H3,(H,28,31)(H,29,33). The summed E-state index contributed by atoms with van der Waals surface area (Å²) in [6.45, 7) is 3.70. The summed E-state index contributed by atoms with van der Waals surface area (Å²) in [7, 11) is 1.54. The Bertz CT molecular complexity index is 1240. The van der Waals surface area contributed by atoms with Crippen molar-refractivity contribution in [2.24, 2.45) is 0 Å². The molecule has 9 nitrogen and oxygen atoms in total. The zero-order chi connectivity index (χ0) is 25.7. The van der Waals surface area contributed by atoms with E-state index in [1.807, 2.05) is 19.1 Å². The maximum Gasteiger partial charge on any atom is 0.325 e.